The van der Waals surface area contributed by atoms with Crippen LogP contribution >= 0.6 is 0 Å². The molecule has 1 N–H and O–H groups in total. The first-order valence-electron chi connectivity index (χ1n) is 4.40. The van der Waals surface area contributed by atoms with E-state index in [1.165, 1.54) is 0 Å². The summed E-state index contributed by atoms with van der Waals surface area (Å²) in [5, 5.41) is 0. The third-order valence-corrected chi connectivity index (χ3v) is 1.99. The van der Waals surface area contributed by atoms with Gasteiger partial charge >= 0.3 is 5.97 Å². The van der Waals surface area contributed by atoms with Crippen LogP contribution < -0.4 is 4.72 Å². The predicted octanol–water partition coefficient (Wildman–Crippen LogP) is 0.516. The van der Waals surface area contributed by atoms with Crippen LogP contribution in [0.25, 0.3) is 0 Å². The van der Waals surface area contributed by atoms with Crippen LogP contribution in [0.15, 0.2) is 12.2 Å². The van der Waals surface area contributed by atoms with Gasteiger partial charge in [-0.15, -0.1) is 0 Å². The second-order valence-electron chi connectivity index (χ2n) is 4.08. The fourth-order valence-electron chi connectivity index (χ4n) is 0.689. The lowest BCUT2D eigenvalue weighted by molar-refractivity contribution is -0.141. The van der Waals surface area contributed by atoms with Crippen molar-refractivity contribution in [2.75, 3.05) is 13.2 Å². The highest BCUT2D eigenvalue weighted by Crippen LogP contribution is 2.14. The number of carbonyl (C=O) groups is 1. The molecule has 1 unspecified atom stereocenters. The van der Waals surface area contributed by atoms with Crippen LogP contribution in [-0.4, -0.2) is 27.9 Å². The zero-order valence-corrected chi connectivity index (χ0v) is 9.98. The summed E-state index contributed by atoms with van der Waals surface area (Å²) < 4.78 is 27.7. The van der Waals surface area contributed by atoms with Crippen molar-refractivity contribution in [1.82, 2.24) is 4.72 Å². The van der Waals surface area contributed by atoms with Crippen molar-refractivity contribution in [3.8, 4) is 0 Å². The lowest BCUT2D eigenvalue weighted by Crippen LogP contribution is -2.34. The molecule has 5 nitrogen and oxygen atoms in total. The number of ether oxygens (including phenoxy) is 1. The molecule has 0 aromatic rings. The van der Waals surface area contributed by atoms with Gasteiger partial charge in [0.1, 0.15) is 0 Å². The molecule has 0 saturated carbocycles. The SMILES string of the molecule is C=C(C)C(=O)OCC(C)(C)CNS(=O)[O-]. The number of carbonyl (C=O) groups excluding carboxylic acids is 1. The van der Waals surface area contributed by atoms with Crippen LogP contribution in [0.3, 0.4) is 0 Å². The molecule has 0 aliphatic heterocycles. The summed E-state index contributed by atoms with van der Waals surface area (Å²) in [7, 11) is 0. The van der Waals surface area contributed by atoms with Crippen LogP contribution in [0.2, 0.25) is 0 Å². The Morgan fingerprint density at radius 2 is 2.13 bits per heavy atom. The first-order chi connectivity index (χ1) is 6.74. The second kappa shape index (κ2) is 5.99. The normalized spacial score (nSPS) is 13.3. The van der Waals surface area contributed by atoms with Gasteiger partial charge in [0, 0.05) is 28.8 Å². The van der Waals surface area contributed by atoms with Crippen molar-refractivity contribution >= 4 is 17.2 Å². The van der Waals surface area contributed by atoms with E-state index in [-0.39, 0.29) is 13.2 Å². The average molecular weight is 234 g/mol. The number of hydrogen-bond donors (Lipinski definition) is 1. The van der Waals surface area contributed by atoms with Crippen LogP contribution in [0.5, 0.6) is 0 Å². The molecule has 0 bridgehead atoms. The van der Waals surface area contributed by atoms with E-state index in [0.29, 0.717) is 5.57 Å². The van der Waals surface area contributed by atoms with E-state index in [1.54, 1.807) is 20.8 Å². The van der Waals surface area contributed by atoms with Crippen LogP contribution in [0.4, 0.5) is 0 Å². The van der Waals surface area contributed by atoms with Crippen LogP contribution in [-0.2, 0) is 20.8 Å². The summed E-state index contributed by atoms with van der Waals surface area (Å²) in [6.07, 6.45) is 0. The molecule has 0 radical (unpaired) electrons. The minimum absolute atomic E-state index is 0.142. The monoisotopic (exact) mass is 234 g/mol. The Labute approximate surface area is 92.3 Å². The summed E-state index contributed by atoms with van der Waals surface area (Å²) in [6, 6.07) is 0. The highest BCUT2D eigenvalue weighted by atomic mass is 32.2. The summed E-state index contributed by atoms with van der Waals surface area (Å²) >= 11 is -2.29. The molecule has 6 heteroatoms. The van der Waals surface area contributed by atoms with Crippen molar-refractivity contribution in [2.45, 2.75) is 20.8 Å². The van der Waals surface area contributed by atoms with Crippen LogP contribution in [0.1, 0.15) is 20.8 Å². The molecular formula is C9H16NO4S-. The number of rotatable bonds is 6. The molecular weight excluding hydrogens is 218 g/mol. The smallest absolute Gasteiger partial charge is 0.333 e. The maximum atomic E-state index is 11.1. The molecule has 0 aliphatic carbocycles. The van der Waals surface area contributed by atoms with Crippen LogP contribution in [0, 0.1) is 5.41 Å². The predicted molar refractivity (Wildman–Crippen MR) is 56.5 cm³/mol. The molecule has 0 rings (SSSR count). The quantitative estimate of drug-likeness (QED) is 0.413. The maximum absolute atomic E-state index is 11.1. The van der Waals surface area contributed by atoms with Gasteiger partial charge in [-0.25, -0.2) is 9.52 Å². The van der Waals surface area contributed by atoms with E-state index in [4.69, 9.17) is 4.74 Å². The highest BCUT2D eigenvalue weighted by molar-refractivity contribution is 7.77. The first kappa shape index (κ1) is 14.3. The Bertz CT molecular complexity index is 275. The largest absolute Gasteiger partial charge is 0.760 e. The van der Waals surface area contributed by atoms with E-state index in [1.807, 2.05) is 0 Å². The van der Waals surface area contributed by atoms with Crippen molar-refractivity contribution in [3.05, 3.63) is 12.2 Å². The van der Waals surface area contributed by atoms with E-state index in [0.717, 1.165) is 0 Å². The maximum Gasteiger partial charge on any atom is 0.333 e. The molecule has 0 heterocycles. The first-order valence-corrected chi connectivity index (χ1v) is 5.47. The lowest BCUT2D eigenvalue weighted by atomic mass is 9.95. The summed E-state index contributed by atoms with van der Waals surface area (Å²) in [6.45, 7) is 8.93. The van der Waals surface area contributed by atoms with Gasteiger partial charge in [0.15, 0.2) is 0 Å². The molecule has 0 spiro atoms. The Kier molecular flexibility index (Phi) is 5.71. The summed E-state index contributed by atoms with van der Waals surface area (Å²) in [5.74, 6) is -0.466. The molecule has 0 aromatic heterocycles. The summed E-state index contributed by atoms with van der Waals surface area (Å²) in [4.78, 5) is 11.1. The van der Waals surface area contributed by atoms with Gasteiger partial charge in [0.25, 0.3) is 0 Å². The van der Waals surface area contributed by atoms with Gasteiger partial charge in [-0.05, 0) is 6.92 Å². The van der Waals surface area contributed by atoms with Gasteiger partial charge in [-0.3, -0.25) is 4.21 Å². The molecule has 0 aromatic carbocycles. The molecule has 0 amide bonds. The van der Waals surface area contributed by atoms with E-state index >= 15 is 0 Å². The van der Waals surface area contributed by atoms with Crippen molar-refractivity contribution in [3.63, 3.8) is 0 Å². The molecule has 1 atom stereocenters. The van der Waals surface area contributed by atoms with E-state index in [2.05, 4.69) is 11.3 Å². The van der Waals surface area contributed by atoms with Crippen molar-refractivity contribution in [1.29, 1.82) is 0 Å². The molecule has 0 aliphatic rings. The van der Waals surface area contributed by atoms with Gasteiger partial charge < -0.3 is 9.29 Å². The van der Waals surface area contributed by atoms with E-state index in [9.17, 15) is 13.6 Å². The van der Waals surface area contributed by atoms with Gasteiger partial charge in [0.05, 0.1) is 6.61 Å². The molecule has 88 valence electrons. The zero-order valence-electron chi connectivity index (χ0n) is 9.16. The third kappa shape index (κ3) is 7.24. The van der Waals surface area contributed by atoms with Gasteiger partial charge in [-0.2, -0.15) is 0 Å². The summed E-state index contributed by atoms with van der Waals surface area (Å²) in [5.41, 5.74) is -0.114. The Balaban J connectivity index is 3.98. The molecule has 0 fully saturated rings. The molecule has 15 heavy (non-hydrogen) atoms. The zero-order chi connectivity index (χ0) is 12.1. The minimum atomic E-state index is -2.29. The average Bonchev–Trinajstić information content (AvgIpc) is 2.11. The van der Waals surface area contributed by atoms with Crippen molar-refractivity contribution < 1.29 is 18.3 Å². The standard InChI is InChI=1S/C9H17NO4S/c1-7(2)8(11)14-6-9(3,4)5-10-15(12)13/h10H,1,5-6H2,2-4H3,(H,12,13)/p-1. The Hall–Kier alpha value is -0.720. The minimum Gasteiger partial charge on any atom is -0.760 e. The second-order valence-corrected chi connectivity index (χ2v) is 4.83. The highest BCUT2D eigenvalue weighted by Gasteiger charge is 2.20. The van der Waals surface area contributed by atoms with Gasteiger partial charge in [0.2, 0.25) is 0 Å². The number of hydrogen-bond acceptors (Lipinski definition) is 4. The number of esters is 1. The number of nitrogens with one attached hydrogen (secondary N) is 1. The third-order valence-electron chi connectivity index (χ3n) is 1.61. The van der Waals surface area contributed by atoms with E-state index < -0.39 is 22.7 Å². The fraction of sp³-hybridized carbons (Fsp3) is 0.667. The Morgan fingerprint density at radius 1 is 1.60 bits per heavy atom. The lowest BCUT2D eigenvalue weighted by Gasteiger charge is -2.25. The topological polar surface area (TPSA) is 78.5 Å². The molecule has 0 saturated heterocycles. The van der Waals surface area contributed by atoms with Crippen molar-refractivity contribution in [2.24, 2.45) is 5.41 Å². The fourth-order valence-corrected chi connectivity index (χ4v) is 1.20. The Morgan fingerprint density at radius 3 is 2.53 bits per heavy atom. The van der Waals surface area contributed by atoms with Gasteiger partial charge in [-0.1, -0.05) is 20.4 Å².